The van der Waals surface area contributed by atoms with E-state index in [0.717, 1.165) is 9.37 Å². The first kappa shape index (κ1) is 9.61. The molecular formula is C8H8BrNOS. The van der Waals surface area contributed by atoms with Gasteiger partial charge in [-0.2, -0.15) is 0 Å². The lowest BCUT2D eigenvalue weighted by Crippen LogP contribution is -2.12. The number of carbonyl (C=O) groups is 1. The highest BCUT2D eigenvalue weighted by atomic mass is 79.9. The maximum Gasteiger partial charge on any atom is 0.227 e. The van der Waals surface area contributed by atoms with Gasteiger partial charge >= 0.3 is 0 Å². The zero-order chi connectivity index (χ0) is 8.97. The van der Waals surface area contributed by atoms with Gasteiger partial charge in [0.25, 0.3) is 0 Å². The highest BCUT2D eigenvalue weighted by Crippen LogP contribution is 2.21. The van der Waals surface area contributed by atoms with Crippen LogP contribution in [0.15, 0.2) is 33.6 Å². The van der Waals surface area contributed by atoms with Crippen molar-refractivity contribution < 1.29 is 4.79 Å². The van der Waals surface area contributed by atoms with E-state index < -0.39 is 0 Å². The molecule has 0 heterocycles. The third kappa shape index (κ3) is 3.28. The molecule has 0 aliphatic rings. The second kappa shape index (κ2) is 4.52. The van der Waals surface area contributed by atoms with Crippen LogP contribution >= 0.6 is 27.7 Å². The third-order valence-corrected chi connectivity index (χ3v) is 2.69. The van der Waals surface area contributed by atoms with E-state index in [9.17, 15) is 4.79 Å². The number of nitrogens with two attached hydrogens (primary N) is 1. The smallest absolute Gasteiger partial charge is 0.227 e. The minimum atomic E-state index is -0.292. The molecule has 1 amide bonds. The van der Waals surface area contributed by atoms with Crippen molar-refractivity contribution >= 4 is 33.6 Å². The molecule has 0 aliphatic heterocycles. The summed E-state index contributed by atoms with van der Waals surface area (Å²) in [6, 6.07) is 7.76. The Labute approximate surface area is 83.7 Å². The molecule has 0 aromatic heterocycles. The molecular weight excluding hydrogens is 238 g/mol. The summed E-state index contributed by atoms with van der Waals surface area (Å²) in [7, 11) is 0. The SMILES string of the molecule is NC(=O)CSc1cccc(Br)c1. The molecule has 2 nitrogen and oxygen atoms in total. The van der Waals surface area contributed by atoms with E-state index in [2.05, 4.69) is 15.9 Å². The second-order valence-electron chi connectivity index (χ2n) is 2.21. The summed E-state index contributed by atoms with van der Waals surface area (Å²) in [5.74, 6) is 0.0381. The van der Waals surface area contributed by atoms with Crippen LogP contribution in [0.3, 0.4) is 0 Å². The van der Waals surface area contributed by atoms with Crippen molar-refractivity contribution in [3.8, 4) is 0 Å². The van der Waals surface area contributed by atoms with Gasteiger partial charge in [-0.25, -0.2) is 0 Å². The monoisotopic (exact) mass is 245 g/mol. The summed E-state index contributed by atoms with van der Waals surface area (Å²) in [4.78, 5) is 11.5. The van der Waals surface area contributed by atoms with E-state index in [1.165, 1.54) is 11.8 Å². The molecule has 0 bridgehead atoms. The van der Waals surface area contributed by atoms with Gasteiger partial charge in [-0.3, -0.25) is 4.79 Å². The van der Waals surface area contributed by atoms with E-state index >= 15 is 0 Å². The average Bonchev–Trinajstić information content (AvgIpc) is 2.01. The fraction of sp³-hybridized carbons (Fsp3) is 0.125. The first-order chi connectivity index (χ1) is 5.68. The van der Waals surface area contributed by atoms with Gasteiger partial charge in [0, 0.05) is 9.37 Å². The number of hydrogen-bond acceptors (Lipinski definition) is 2. The predicted molar refractivity (Wildman–Crippen MR) is 54.1 cm³/mol. The molecule has 0 radical (unpaired) electrons. The molecule has 0 fully saturated rings. The van der Waals surface area contributed by atoms with Crippen LogP contribution in [0.1, 0.15) is 0 Å². The van der Waals surface area contributed by atoms with Crippen LogP contribution in [0.2, 0.25) is 0 Å². The van der Waals surface area contributed by atoms with Crippen LogP contribution in [0.5, 0.6) is 0 Å². The van der Waals surface area contributed by atoms with Crippen LogP contribution < -0.4 is 5.73 Å². The van der Waals surface area contributed by atoms with Crippen LogP contribution in [-0.4, -0.2) is 11.7 Å². The van der Waals surface area contributed by atoms with Crippen LogP contribution in [0.4, 0.5) is 0 Å². The molecule has 1 aromatic rings. The first-order valence-electron chi connectivity index (χ1n) is 3.35. The lowest BCUT2D eigenvalue weighted by atomic mass is 10.4. The Morgan fingerprint density at radius 2 is 2.33 bits per heavy atom. The molecule has 64 valence electrons. The average molecular weight is 246 g/mol. The molecule has 1 rings (SSSR count). The van der Waals surface area contributed by atoms with Gasteiger partial charge < -0.3 is 5.73 Å². The Morgan fingerprint density at radius 1 is 1.58 bits per heavy atom. The van der Waals surface area contributed by atoms with Gasteiger partial charge in [0.05, 0.1) is 5.75 Å². The Morgan fingerprint density at radius 3 is 2.92 bits per heavy atom. The van der Waals surface area contributed by atoms with Crippen LogP contribution in [0, 0.1) is 0 Å². The number of rotatable bonds is 3. The fourth-order valence-electron chi connectivity index (χ4n) is 0.711. The number of hydrogen-bond donors (Lipinski definition) is 1. The lowest BCUT2D eigenvalue weighted by molar-refractivity contribution is -0.115. The Balaban J connectivity index is 2.57. The van der Waals surface area contributed by atoms with Crippen molar-refractivity contribution in [1.82, 2.24) is 0 Å². The summed E-state index contributed by atoms with van der Waals surface area (Å²) < 4.78 is 1.01. The van der Waals surface area contributed by atoms with E-state index in [1.807, 2.05) is 24.3 Å². The van der Waals surface area contributed by atoms with Crippen molar-refractivity contribution in [2.45, 2.75) is 4.90 Å². The van der Waals surface area contributed by atoms with Crippen molar-refractivity contribution in [3.05, 3.63) is 28.7 Å². The molecule has 4 heteroatoms. The van der Waals surface area contributed by atoms with Crippen molar-refractivity contribution in [2.75, 3.05) is 5.75 Å². The highest BCUT2D eigenvalue weighted by Gasteiger charge is 1.97. The van der Waals surface area contributed by atoms with E-state index in [1.54, 1.807) is 0 Å². The molecule has 12 heavy (non-hydrogen) atoms. The van der Waals surface area contributed by atoms with Crippen molar-refractivity contribution in [2.24, 2.45) is 5.73 Å². The van der Waals surface area contributed by atoms with Crippen LogP contribution in [0.25, 0.3) is 0 Å². The maximum atomic E-state index is 10.4. The largest absolute Gasteiger partial charge is 0.369 e. The number of halogens is 1. The van der Waals surface area contributed by atoms with E-state index in [0.29, 0.717) is 5.75 Å². The minimum Gasteiger partial charge on any atom is -0.369 e. The zero-order valence-corrected chi connectivity index (χ0v) is 8.69. The summed E-state index contributed by atoms with van der Waals surface area (Å²) in [5.41, 5.74) is 5.01. The van der Waals surface area contributed by atoms with Gasteiger partial charge in [0.1, 0.15) is 0 Å². The Hall–Kier alpha value is -0.480. The molecule has 1 aromatic carbocycles. The number of primary amides is 1. The minimum absolute atomic E-state index is 0.292. The summed E-state index contributed by atoms with van der Waals surface area (Å²) in [5, 5.41) is 0. The molecule has 0 saturated heterocycles. The van der Waals surface area contributed by atoms with Gasteiger partial charge in [0.2, 0.25) is 5.91 Å². The van der Waals surface area contributed by atoms with Crippen molar-refractivity contribution in [1.29, 1.82) is 0 Å². The topological polar surface area (TPSA) is 43.1 Å². The van der Waals surface area contributed by atoms with Crippen LogP contribution in [-0.2, 0) is 4.79 Å². The Kier molecular flexibility index (Phi) is 3.62. The maximum absolute atomic E-state index is 10.4. The Bertz CT molecular complexity index is 290. The predicted octanol–water partition coefficient (Wildman–Crippen LogP) is 2.03. The molecule has 0 spiro atoms. The number of benzene rings is 1. The number of amides is 1. The normalized spacial score (nSPS) is 9.75. The number of thioether (sulfide) groups is 1. The summed E-state index contributed by atoms with van der Waals surface area (Å²) in [6.07, 6.45) is 0. The molecule has 2 N–H and O–H groups in total. The molecule has 0 aliphatic carbocycles. The third-order valence-electron chi connectivity index (χ3n) is 1.18. The van der Waals surface area contributed by atoms with Gasteiger partial charge in [-0.05, 0) is 18.2 Å². The number of carbonyl (C=O) groups excluding carboxylic acids is 1. The van der Waals surface area contributed by atoms with Gasteiger partial charge in [-0.15, -0.1) is 11.8 Å². The van der Waals surface area contributed by atoms with Gasteiger partial charge in [-0.1, -0.05) is 22.0 Å². The van der Waals surface area contributed by atoms with E-state index in [-0.39, 0.29) is 5.91 Å². The molecule has 0 unspecified atom stereocenters. The lowest BCUT2D eigenvalue weighted by Gasteiger charge is -1.98. The fourth-order valence-corrected chi connectivity index (χ4v) is 1.96. The highest BCUT2D eigenvalue weighted by molar-refractivity contribution is 9.10. The first-order valence-corrected chi connectivity index (χ1v) is 5.13. The molecule has 0 atom stereocenters. The van der Waals surface area contributed by atoms with Gasteiger partial charge in [0.15, 0.2) is 0 Å². The molecule has 0 saturated carbocycles. The second-order valence-corrected chi connectivity index (χ2v) is 4.18. The van der Waals surface area contributed by atoms with E-state index in [4.69, 9.17) is 5.73 Å². The summed E-state index contributed by atoms with van der Waals surface area (Å²) in [6.45, 7) is 0. The van der Waals surface area contributed by atoms with Crippen molar-refractivity contribution in [3.63, 3.8) is 0 Å². The summed E-state index contributed by atoms with van der Waals surface area (Å²) >= 11 is 4.78. The quantitative estimate of drug-likeness (QED) is 0.829. The standard InChI is InChI=1S/C8H8BrNOS/c9-6-2-1-3-7(4-6)12-5-8(10)11/h1-4H,5H2,(H2,10,11). The zero-order valence-electron chi connectivity index (χ0n) is 6.29.